The third-order valence-electron chi connectivity index (χ3n) is 4.92. The van der Waals surface area contributed by atoms with Crippen LogP contribution in [0.4, 0.5) is 5.69 Å². The van der Waals surface area contributed by atoms with Crippen LogP contribution in [0.1, 0.15) is 42.5 Å². The van der Waals surface area contributed by atoms with Crippen LogP contribution < -0.4 is 10.3 Å². The number of carbonyl (C=O) groups is 1. The number of aryl methyl sites for hydroxylation is 2. The first-order valence-electron chi connectivity index (χ1n) is 9.72. The van der Waals surface area contributed by atoms with Crippen molar-refractivity contribution >= 4 is 28.8 Å². The minimum Gasteiger partial charge on any atom is -0.372 e. The maximum atomic E-state index is 12.4. The van der Waals surface area contributed by atoms with Gasteiger partial charge in [-0.15, -0.1) is 0 Å². The molecule has 2 aromatic carbocycles. The predicted octanol–water partition coefficient (Wildman–Crippen LogP) is 3.97. The SMILES string of the molecule is CCN(CC)c1ccc(C=NNC(=O)c2ccc3c(c2)nc(C)n3CC)cc1. The number of hydrogen-bond donors (Lipinski definition) is 1. The number of nitrogens with zero attached hydrogens (tertiary/aromatic N) is 4. The summed E-state index contributed by atoms with van der Waals surface area (Å²) in [6.07, 6.45) is 1.65. The Hall–Kier alpha value is -3.15. The first-order valence-corrected chi connectivity index (χ1v) is 9.72. The van der Waals surface area contributed by atoms with E-state index >= 15 is 0 Å². The maximum Gasteiger partial charge on any atom is 0.271 e. The molecule has 1 heterocycles. The molecule has 0 aliphatic rings. The Bertz CT molecular complexity index is 984. The lowest BCUT2D eigenvalue weighted by Crippen LogP contribution is -2.21. The van der Waals surface area contributed by atoms with Crippen molar-refractivity contribution in [2.45, 2.75) is 34.2 Å². The zero-order valence-electron chi connectivity index (χ0n) is 16.9. The fourth-order valence-electron chi connectivity index (χ4n) is 3.38. The lowest BCUT2D eigenvalue weighted by atomic mass is 10.2. The summed E-state index contributed by atoms with van der Waals surface area (Å²) in [5.74, 6) is 0.697. The van der Waals surface area contributed by atoms with E-state index in [9.17, 15) is 4.79 Å². The molecule has 0 saturated heterocycles. The van der Waals surface area contributed by atoms with Gasteiger partial charge in [0.05, 0.1) is 17.2 Å². The number of anilines is 1. The molecule has 0 aliphatic carbocycles. The van der Waals surface area contributed by atoms with Gasteiger partial charge >= 0.3 is 0 Å². The van der Waals surface area contributed by atoms with E-state index in [1.165, 1.54) is 5.69 Å². The monoisotopic (exact) mass is 377 g/mol. The average molecular weight is 377 g/mol. The Kier molecular flexibility index (Phi) is 6.09. The molecule has 6 nitrogen and oxygen atoms in total. The van der Waals surface area contributed by atoms with Crippen molar-refractivity contribution in [3.05, 3.63) is 59.4 Å². The van der Waals surface area contributed by atoms with Crippen molar-refractivity contribution in [2.24, 2.45) is 5.10 Å². The van der Waals surface area contributed by atoms with Gasteiger partial charge in [-0.05, 0) is 63.6 Å². The first kappa shape index (κ1) is 19.6. The number of hydrogen-bond acceptors (Lipinski definition) is 4. The number of aromatic nitrogens is 2. The molecule has 0 saturated carbocycles. The zero-order chi connectivity index (χ0) is 20.1. The summed E-state index contributed by atoms with van der Waals surface area (Å²) in [6, 6.07) is 13.7. The molecule has 6 heteroatoms. The molecule has 0 radical (unpaired) electrons. The first-order chi connectivity index (χ1) is 13.6. The molecule has 0 fully saturated rings. The second-order valence-electron chi connectivity index (χ2n) is 6.57. The Morgan fingerprint density at radius 2 is 1.86 bits per heavy atom. The van der Waals surface area contributed by atoms with E-state index in [1.54, 1.807) is 18.3 Å². The van der Waals surface area contributed by atoms with E-state index < -0.39 is 0 Å². The number of benzene rings is 2. The molecule has 0 aliphatic heterocycles. The van der Waals surface area contributed by atoms with Crippen LogP contribution in [-0.2, 0) is 6.54 Å². The van der Waals surface area contributed by atoms with Crippen LogP contribution in [0.15, 0.2) is 47.6 Å². The van der Waals surface area contributed by atoms with Crippen LogP contribution >= 0.6 is 0 Å². The van der Waals surface area contributed by atoms with Gasteiger partial charge in [-0.1, -0.05) is 12.1 Å². The molecule has 0 bridgehead atoms. The highest BCUT2D eigenvalue weighted by atomic mass is 16.2. The number of amides is 1. The van der Waals surface area contributed by atoms with E-state index in [-0.39, 0.29) is 5.91 Å². The summed E-state index contributed by atoms with van der Waals surface area (Å²) < 4.78 is 2.12. The van der Waals surface area contributed by atoms with Gasteiger partial charge in [-0.3, -0.25) is 4.79 Å². The second kappa shape index (κ2) is 8.69. The van der Waals surface area contributed by atoms with Crippen LogP contribution in [0, 0.1) is 6.92 Å². The number of nitrogens with one attached hydrogen (secondary N) is 1. The minimum absolute atomic E-state index is 0.249. The van der Waals surface area contributed by atoms with Crippen LogP contribution in [0.3, 0.4) is 0 Å². The molecule has 1 amide bonds. The van der Waals surface area contributed by atoms with Gasteiger partial charge in [-0.2, -0.15) is 5.10 Å². The van der Waals surface area contributed by atoms with Gasteiger partial charge in [0.15, 0.2) is 0 Å². The third kappa shape index (κ3) is 4.06. The Morgan fingerprint density at radius 3 is 2.50 bits per heavy atom. The summed E-state index contributed by atoms with van der Waals surface area (Å²) in [6.45, 7) is 11.1. The molecule has 1 N–H and O–H groups in total. The highest BCUT2D eigenvalue weighted by molar-refractivity contribution is 5.98. The molecule has 28 heavy (non-hydrogen) atoms. The largest absolute Gasteiger partial charge is 0.372 e. The standard InChI is InChI=1S/C22H27N5O/c1-5-26(6-2)19-11-8-17(9-12-19)15-23-25-22(28)18-10-13-21-20(14-18)24-16(4)27(21)7-3/h8-15H,5-7H2,1-4H3,(H,25,28). The minimum atomic E-state index is -0.249. The van der Waals surface area contributed by atoms with E-state index in [1.807, 2.05) is 25.1 Å². The Balaban J connectivity index is 1.67. The highest BCUT2D eigenvalue weighted by Crippen LogP contribution is 2.18. The smallest absolute Gasteiger partial charge is 0.271 e. The summed E-state index contributed by atoms with van der Waals surface area (Å²) in [5, 5.41) is 4.09. The van der Waals surface area contributed by atoms with Gasteiger partial charge < -0.3 is 9.47 Å². The topological polar surface area (TPSA) is 62.5 Å². The van der Waals surface area contributed by atoms with E-state index in [2.05, 4.69) is 57.9 Å². The molecule has 0 unspecified atom stereocenters. The Labute approximate surface area is 165 Å². The molecule has 1 aromatic heterocycles. The fraction of sp³-hybridized carbons (Fsp3) is 0.318. The van der Waals surface area contributed by atoms with Crippen molar-refractivity contribution in [1.29, 1.82) is 0 Å². The van der Waals surface area contributed by atoms with Crippen LogP contribution in [0.25, 0.3) is 11.0 Å². The molecule has 0 spiro atoms. The zero-order valence-corrected chi connectivity index (χ0v) is 16.9. The third-order valence-corrected chi connectivity index (χ3v) is 4.92. The van der Waals surface area contributed by atoms with Gasteiger partial charge in [0.1, 0.15) is 5.82 Å². The fourth-order valence-corrected chi connectivity index (χ4v) is 3.38. The highest BCUT2D eigenvalue weighted by Gasteiger charge is 2.10. The molecular weight excluding hydrogens is 350 g/mol. The van der Waals surface area contributed by atoms with Crippen molar-refractivity contribution in [3.8, 4) is 0 Å². The van der Waals surface area contributed by atoms with Crippen LogP contribution in [0.2, 0.25) is 0 Å². The number of hydrazone groups is 1. The van der Waals surface area contributed by atoms with Crippen LogP contribution in [0.5, 0.6) is 0 Å². The van der Waals surface area contributed by atoms with Crippen molar-refractivity contribution in [2.75, 3.05) is 18.0 Å². The van der Waals surface area contributed by atoms with E-state index in [4.69, 9.17) is 0 Å². The predicted molar refractivity (Wildman–Crippen MR) is 115 cm³/mol. The summed E-state index contributed by atoms with van der Waals surface area (Å²) in [7, 11) is 0. The van der Waals surface area contributed by atoms with Gasteiger partial charge in [0.2, 0.25) is 0 Å². The number of fused-ring (bicyclic) bond motifs is 1. The van der Waals surface area contributed by atoms with Crippen molar-refractivity contribution < 1.29 is 4.79 Å². The van der Waals surface area contributed by atoms with Gasteiger partial charge in [-0.25, -0.2) is 10.4 Å². The van der Waals surface area contributed by atoms with E-state index in [0.29, 0.717) is 5.56 Å². The summed E-state index contributed by atoms with van der Waals surface area (Å²) in [4.78, 5) is 19.2. The molecule has 146 valence electrons. The van der Waals surface area contributed by atoms with Crippen molar-refractivity contribution in [1.82, 2.24) is 15.0 Å². The van der Waals surface area contributed by atoms with E-state index in [0.717, 1.165) is 42.1 Å². The molecular formula is C22H27N5O. The summed E-state index contributed by atoms with van der Waals surface area (Å²) >= 11 is 0. The quantitative estimate of drug-likeness (QED) is 0.500. The molecule has 0 atom stereocenters. The molecule has 3 aromatic rings. The lowest BCUT2D eigenvalue weighted by molar-refractivity contribution is 0.0955. The summed E-state index contributed by atoms with van der Waals surface area (Å²) in [5.41, 5.74) is 7.11. The number of imidazole rings is 1. The van der Waals surface area contributed by atoms with Gasteiger partial charge in [0.25, 0.3) is 5.91 Å². The number of carbonyl (C=O) groups excluding carboxylic acids is 1. The van der Waals surface area contributed by atoms with Gasteiger partial charge in [0, 0.05) is 30.9 Å². The average Bonchev–Trinajstić information content (AvgIpc) is 3.04. The number of rotatable bonds is 7. The molecule has 3 rings (SSSR count). The maximum absolute atomic E-state index is 12.4. The normalized spacial score (nSPS) is 11.3. The second-order valence-corrected chi connectivity index (χ2v) is 6.57. The Morgan fingerprint density at radius 1 is 1.14 bits per heavy atom. The van der Waals surface area contributed by atoms with Crippen LogP contribution in [-0.4, -0.2) is 34.8 Å². The van der Waals surface area contributed by atoms with Crippen molar-refractivity contribution in [3.63, 3.8) is 0 Å². The lowest BCUT2D eigenvalue weighted by Gasteiger charge is -2.20.